The monoisotopic (exact) mass is 422 g/mol. The van der Waals surface area contributed by atoms with Gasteiger partial charge in [-0.1, -0.05) is 46.1 Å². The fourth-order valence-electron chi connectivity index (χ4n) is 1.67. The Kier molecular flexibility index (Phi) is 6.50. The number of thiazole rings is 1. The number of halogens is 3. The fourth-order valence-corrected chi connectivity index (χ4v) is 3.14. The van der Waals surface area contributed by atoms with E-state index >= 15 is 0 Å². The van der Waals surface area contributed by atoms with Crippen LogP contribution in [0.3, 0.4) is 0 Å². The zero-order valence-corrected chi connectivity index (χ0v) is 15.6. The van der Waals surface area contributed by atoms with Crippen molar-refractivity contribution in [1.29, 1.82) is 0 Å². The second kappa shape index (κ2) is 8.15. The maximum absolute atomic E-state index is 11.3. The summed E-state index contributed by atoms with van der Waals surface area (Å²) in [4.78, 5) is 15.7. The maximum Gasteiger partial charge on any atom is 0.236 e. The van der Waals surface area contributed by atoms with E-state index in [0.29, 0.717) is 33.2 Å². The molecular weight excluding hydrogens is 411 g/mol. The van der Waals surface area contributed by atoms with Crippen molar-refractivity contribution in [2.45, 2.75) is 13.3 Å². The SMILES string of the molecule is CCCOc1c(Cl)cc(-c2csc(NC(=O)CBr)n2)cc1Cl. The zero-order chi connectivity index (χ0) is 16.1. The number of hydrogen-bond donors (Lipinski definition) is 1. The first-order valence-electron chi connectivity index (χ1n) is 6.48. The third-order valence-electron chi connectivity index (χ3n) is 2.62. The standard InChI is InChI=1S/C14H13BrCl2N2O2S/c1-2-3-21-13-9(16)4-8(5-10(13)17)11-7-22-14(18-11)19-12(20)6-15/h4-5,7H,2-3,6H2,1H3,(H,18,19,20). The Hall–Kier alpha value is -0.820. The Morgan fingerprint density at radius 2 is 2.09 bits per heavy atom. The van der Waals surface area contributed by atoms with E-state index in [1.165, 1.54) is 11.3 Å². The Morgan fingerprint density at radius 3 is 2.68 bits per heavy atom. The Morgan fingerprint density at radius 1 is 1.41 bits per heavy atom. The summed E-state index contributed by atoms with van der Waals surface area (Å²) in [6.07, 6.45) is 0.872. The molecule has 22 heavy (non-hydrogen) atoms. The van der Waals surface area contributed by atoms with Crippen LogP contribution in [0.1, 0.15) is 13.3 Å². The summed E-state index contributed by atoms with van der Waals surface area (Å²) < 4.78 is 5.54. The van der Waals surface area contributed by atoms with Gasteiger partial charge in [0.25, 0.3) is 0 Å². The second-order valence-corrected chi connectivity index (χ2v) is 6.57. The predicted octanol–water partition coefficient (Wildman–Crippen LogP) is 5.24. The van der Waals surface area contributed by atoms with Crippen LogP contribution in [0.25, 0.3) is 11.3 Å². The molecule has 0 bridgehead atoms. The molecule has 0 aliphatic heterocycles. The molecule has 2 aromatic rings. The minimum Gasteiger partial charge on any atom is -0.490 e. The van der Waals surface area contributed by atoms with Crippen LogP contribution in [0.5, 0.6) is 5.75 Å². The van der Waals surface area contributed by atoms with E-state index in [1.54, 1.807) is 12.1 Å². The largest absolute Gasteiger partial charge is 0.490 e. The van der Waals surface area contributed by atoms with Gasteiger partial charge in [-0.05, 0) is 18.6 Å². The zero-order valence-electron chi connectivity index (χ0n) is 11.7. The molecule has 0 radical (unpaired) electrons. The van der Waals surface area contributed by atoms with Crippen molar-refractivity contribution >= 4 is 61.5 Å². The van der Waals surface area contributed by atoms with Crippen LogP contribution in [-0.4, -0.2) is 22.8 Å². The molecule has 0 unspecified atom stereocenters. The van der Waals surface area contributed by atoms with Gasteiger partial charge in [-0.3, -0.25) is 4.79 Å². The number of alkyl halides is 1. The first-order chi connectivity index (χ1) is 10.5. The molecule has 0 aliphatic carbocycles. The van der Waals surface area contributed by atoms with Crippen molar-refractivity contribution in [3.8, 4) is 17.0 Å². The van der Waals surface area contributed by atoms with E-state index in [4.69, 9.17) is 27.9 Å². The number of nitrogens with zero attached hydrogens (tertiary/aromatic N) is 1. The number of amides is 1. The van der Waals surface area contributed by atoms with Crippen LogP contribution in [0, 0.1) is 0 Å². The first-order valence-corrected chi connectivity index (χ1v) is 9.24. The van der Waals surface area contributed by atoms with Crippen molar-refractivity contribution in [3.63, 3.8) is 0 Å². The molecule has 0 spiro atoms. The van der Waals surface area contributed by atoms with Gasteiger partial charge in [0.05, 0.1) is 27.7 Å². The number of carbonyl (C=O) groups excluding carboxylic acids is 1. The lowest BCUT2D eigenvalue weighted by atomic mass is 10.1. The van der Waals surface area contributed by atoms with Crippen molar-refractivity contribution in [3.05, 3.63) is 27.6 Å². The van der Waals surface area contributed by atoms with Gasteiger partial charge >= 0.3 is 0 Å². The smallest absolute Gasteiger partial charge is 0.236 e. The summed E-state index contributed by atoms with van der Waals surface area (Å²) in [7, 11) is 0. The van der Waals surface area contributed by atoms with Crippen molar-refractivity contribution in [2.75, 3.05) is 17.3 Å². The van der Waals surface area contributed by atoms with Crippen LogP contribution < -0.4 is 10.1 Å². The predicted molar refractivity (Wildman–Crippen MR) is 95.8 cm³/mol. The van der Waals surface area contributed by atoms with Crippen molar-refractivity contribution in [1.82, 2.24) is 4.98 Å². The van der Waals surface area contributed by atoms with E-state index in [2.05, 4.69) is 26.2 Å². The Labute approximate surface area is 150 Å². The fraction of sp³-hybridized carbons (Fsp3) is 0.286. The van der Waals surface area contributed by atoms with Crippen LogP contribution in [0.4, 0.5) is 5.13 Å². The van der Waals surface area contributed by atoms with E-state index in [0.717, 1.165) is 12.0 Å². The highest BCUT2D eigenvalue weighted by molar-refractivity contribution is 9.09. The molecule has 1 amide bonds. The third kappa shape index (κ3) is 4.35. The molecule has 118 valence electrons. The second-order valence-electron chi connectivity index (χ2n) is 4.34. The number of anilines is 1. The molecule has 4 nitrogen and oxygen atoms in total. The Bertz CT molecular complexity index is 656. The van der Waals surface area contributed by atoms with Gasteiger partial charge < -0.3 is 10.1 Å². The van der Waals surface area contributed by atoms with Gasteiger partial charge in [0.15, 0.2) is 10.9 Å². The van der Waals surface area contributed by atoms with Gasteiger partial charge in [0.1, 0.15) is 0 Å². The van der Waals surface area contributed by atoms with Gasteiger partial charge in [-0.2, -0.15) is 0 Å². The average molecular weight is 424 g/mol. The van der Waals surface area contributed by atoms with Gasteiger partial charge in [0.2, 0.25) is 5.91 Å². The molecule has 0 fully saturated rings. The van der Waals surface area contributed by atoms with Crippen molar-refractivity contribution < 1.29 is 9.53 Å². The van der Waals surface area contributed by atoms with Crippen LogP contribution in [-0.2, 0) is 4.79 Å². The highest BCUT2D eigenvalue weighted by Crippen LogP contribution is 2.38. The van der Waals surface area contributed by atoms with Gasteiger partial charge in [-0.15, -0.1) is 11.3 Å². The van der Waals surface area contributed by atoms with Crippen LogP contribution in [0.2, 0.25) is 10.0 Å². The van der Waals surface area contributed by atoms with E-state index in [-0.39, 0.29) is 11.2 Å². The lowest BCUT2D eigenvalue weighted by Crippen LogP contribution is -2.11. The summed E-state index contributed by atoms with van der Waals surface area (Å²) in [6.45, 7) is 2.56. The number of ether oxygens (including phenoxy) is 1. The normalized spacial score (nSPS) is 10.5. The molecule has 1 aromatic heterocycles. The summed E-state index contributed by atoms with van der Waals surface area (Å²) in [5.41, 5.74) is 1.47. The van der Waals surface area contributed by atoms with E-state index < -0.39 is 0 Å². The number of hydrogen-bond acceptors (Lipinski definition) is 4. The van der Waals surface area contributed by atoms with Crippen LogP contribution >= 0.6 is 50.5 Å². The molecule has 0 saturated heterocycles. The molecule has 0 atom stereocenters. The Balaban J connectivity index is 2.24. The van der Waals surface area contributed by atoms with E-state index in [9.17, 15) is 4.79 Å². The lowest BCUT2D eigenvalue weighted by Gasteiger charge is -2.10. The molecule has 0 aliphatic rings. The minimum atomic E-state index is -0.153. The van der Waals surface area contributed by atoms with E-state index in [1.807, 2.05) is 12.3 Å². The molecular formula is C14H13BrCl2N2O2S. The summed E-state index contributed by atoms with van der Waals surface area (Å²) >= 11 is 16.9. The topological polar surface area (TPSA) is 51.2 Å². The quantitative estimate of drug-likeness (QED) is 0.646. The molecule has 8 heteroatoms. The highest BCUT2D eigenvalue weighted by Gasteiger charge is 2.13. The first kappa shape index (κ1) is 17.5. The lowest BCUT2D eigenvalue weighted by molar-refractivity contribution is -0.113. The molecule has 1 N–H and O–H groups in total. The van der Waals surface area contributed by atoms with Gasteiger partial charge in [-0.25, -0.2) is 4.98 Å². The number of carbonyl (C=O) groups is 1. The number of aromatic nitrogens is 1. The molecule has 1 aromatic carbocycles. The highest BCUT2D eigenvalue weighted by atomic mass is 79.9. The number of benzene rings is 1. The summed E-state index contributed by atoms with van der Waals surface area (Å²) in [6, 6.07) is 3.51. The summed E-state index contributed by atoms with van der Waals surface area (Å²) in [5.74, 6) is 0.331. The minimum absolute atomic E-state index is 0.153. The molecule has 0 saturated carbocycles. The average Bonchev–Trinajstić information content (AvgIpc) is 2.94. The number of nitrogens with one attached hydrogen (secondary N) is 1. The molecule has 2 rings (SSSR count). The van der Waals surface area contributed by atoms with Crippen molar-refractivity contribution in [2.24, 2.45) is 0 Å². The summed E-state index contributed by atoms with van der Waals surface area (Å²) in [5, 5.41) is 6.14. The van der Waals surface area contributed by atoms with Crippen LogP contribution in [0.15, 0.2) is 17.5 Å². The van der Waals surface area contributed by atoms with Gasteiger partial charge in [0, 0.05) is 10.9 Å². The third-order valence-corrected chi connectivity index (χ3v) is 4.44. The number of rotatable bonds is 6. The maximum atomic E-state index is 11.3. The molecule has 1 heterocycles.